The summed E-state index contributed by atoms with van der Waals surface area (Å²) >= 11 is 0. The van der Waals surface area contributed by atoms with Crippen LogP contribution < -0.4 is 22.9 Å². The average Bonchev–Trinajstić information content (AvgIpc) is 2.59. The van der Waals surface area contributed by atoms with Crippen molar-refractivity contribution in [1.82, 2.24) is 0 Å². The van der Waals surface area contributed by atoms with Gasteiger partial charge in [-0.2, -0.15) is 0 Å². The van der Waals surface area contributed by atoms with Crippen LogP contribution in [0.2, 0.25) is 0 Å². The summed E-state index contributed by atoms with van der Waals surface area (Å²) in [5.74, 6) is 0.0430. The summed E-state index contributed by atoms with van der Waals surface area (Å²) in [6, 6.07) is 16.1. The molecule has 6 nitrogen and oxygen atoms in total. The van der Waals surface area contributed by atoms with E-state index in [-0.39, 0.29) is 11.5 Å². The zero-order valence-corrected chi connectivity index (χ0v) is 13.5. The van der Waals surface area contributed by atoms with E-state index in [0.717, 1.165) is 0 Å². The molecule has 0 radical (unpaired) electrons. The van der Waals surface area contributed by atoms with Crippen LogP contribution >= 0.6 is 0 Å². The highest BCUT2D eigenvalue weighted by atomic mass is 16.3. The quantitative estimate of drug-likeness (QED) is 0.245. The maximum Gasteiger partial charge on any atom is 0.116 e. The average molecular weight is 336 g/mol. The number of anilines is 3. The van der Waals surface area contributed by atoms with Gasteiger partial charge >= 0.3 is 0 Å². The fourth-order valence-electron chi connectivity index (χ4n) is 2.97. The number of phenolic OH excluding ortho intramolecular Hbond substituents is 2. The first kappa shape index (κ1) is 16.5. The van der Waals surface area contributed by atoms with Gasteiger partial charge in [0.05, 0.1) is 5.54 Å². The minimum Gasteiger partial charge on any atom is -0.508 e. The third kappa shape index (κ3) is 2.79. The second-order valence-corrected chi connectivity index (χ2v) is 5.97. The van der Waals surface area contributed by atoms with Crippen molar-refractivity contribution in [3.8, 4) is 11.5 Å². The van der Waals surface area contributed by atoms with Gasteiger partial charge in [0.2, 0.25) is 0 Å². The molecule has 0 aliphatic heterocycles. The van der Waals surface area contributed by atoms with Crippen LogP contribution in [0.25, 0.3) is 0 Å². The van der Waals surface area contributed by atoms with Crippen LogP contribution in [-0.2, 0) is 5.54 Å². The number of nitrogen functional groups attached to an aromatic ring is 3. The molecule has 3 aromatic carbocycles. The van der Waals surface area contributed by atoms with E-state index in [1.54, 1.807) is 36.4 Å². The summed E-state index contributed by atoms with van der Waals surface area (Å²) in [5, 5.41) is 19.9. The van der Waals surface area contributed by atoms with E-state index < -0.39 is 5.54 Å². The Labute approximate surface area is 145 Å². The Morgan fingerprint density at radius 1 is 0.640 bits per heavy atom. The highest BCUT2D eigenvalue weighted by Gasteiger charge is 2.36. The SMILES string of the molecule is Nc1ccc(C(N)(c2cc(O)ccc2N)c2cc(O)ccc2N)cc1. The first-order chi connectivity index (χ1) is 11.8. The molecule has 0 aliphatic carbocycles. The zero-order valence-electron chi connectivity index (χ0n) is 13.5. The monoisotopic (exact) mass is 336 g/mol. The van der Waals surface area contributed by atoms with E-state index >= 15 is 0 Å². The summed E-state index contributed by atoms with van der Waals surface area (Å²) < 4.78 is 0. The second kappa shape index (κ2) is 5.92. The van der Waals surface area contributed by atoms with Gasteiger partial charge in [-0.3, -0.25) is 0 Å². The lowest BCUT2D eigenvalue weighted by Gasteiger charge is -2.33. The molecule has 0 atom stereocenters. The highest BCUT2D eigenvalue weighted by molar-refractivity contribution is 5.67. The van der Waals surface area contributed by atoms with Gasteiger partial charge in [0, 0.05) is 28.2 Å². The summed E-state index contributed by atoms with van der Waals surface area (Å²) in [4.78, 5) is 0. The Hall–Kier alpha value is -3.38. The maximum absolute atomic E-state index is 9.95. The lowest BCUT2D eigenvalue weighted by atomic mass is 9.76. The van der Waals surface area contributed by atoms with Crippen LogP contribution in [0.3, 0.4) is 0 Å². The van der Waals surface area contributed by atoms with Crippen molar-refractivity contribution in [3.63, 3.8) is 0 Å². The van der Waals surface area contributed by atoms with Gasteiger partial charge in [0.15, 0.2) is 0 Å². The molecule has 3 aromatic rings. The lowest BCUT2D eigenvalue weighted by molar-refractivity contribution is 0.471. The van der Waals surface area contributed by atoms with Gasteiger partial charge < -0.3 is 33.1 Å². The Kier molecular flexibility index (Phi) is 3.90. The van der Waals surface area contributed by atoms with Crippen LogP contribution in [0.1, 0.15) is 16.7 Å². The Morgan fingerprint density at radius 3 is 1.52 bits per heavy atom. The molecule has 0 unspecified atom stereocenters. The predicted octanol–water partition coefficient (Wildman–Crippen LogP) is 2.10. The Bertz CT molecular complexity index is 872. The minimum absolute atomic E-state index is 0.0215. The van der Waals surface area contributed by atoms with Crippen molar-refractivity contribution in [2.75, 3.05) is 17.2 Å². The zero-order chi connectivity index (χ0) is 18.2. The molecule has 0 amide bonds. The number of phenols is 2. The fraction of sp³-hybridized carbons (Fsp3) is 0.0526. The van der Waals surface area contributed by atoms with Gasteiger partial charge in [0.1, 0.15) is 11.5 Å². The van der Waals surface area contributed by atoms with Crippen molar-refractivity contribution >= 4 is 17.1 Å². The van der Waals surface area contributed by atoms with Crippen LogP contribution in [0, 0.1) is 0 Å². The summed E-state index contributed by atoms with van der Waals surface area (Å²) in [6.45, 7) is 0. The van der Waals surface area contributed by atoms with Gasteiger partial charge in [-0.15, -0.1) is 0 Å². The van der Waals surface area contributed by atoms with Crippen molar-refractivity contribution in [2.45, 2.75) is 5.54 Å². The van der Waals surface area contributed by atoms with Crippen molar-refractivity contribution in [2.24, 2.45) is 5.73 Å². The van der Waals surface area contributed by atoms with Crippen LogP contribution in [0.4, 0.5) is 17.1 Å². The van der Waals surface area contributed by atoms with E-state index in [4.69, 9.17) is 22.9 Å². The third-order valence-corrected chi connectivity index (χ3v) is 4.29. The van der Waals surface area contributed by atoms with E-state index in [1.807, 2.05) is 0 Å². The number of aromatic hydroxyl groups is 2. The number of hydrogen-bond donors (Lipinski definition) is 6. The molecule has 0 bridgehead atoms. The molecule has 0 saturated heterocycles. The highest BCUT2D eigenvalue weighted by Crippen LogP contribution is 2.42. The molecular weight excluding hydrogens is 316 g/mol. The Balaban J connectivity index is 2.37. The van der Waals surface area contributed by atoms with Gasteiger partial charge in [0.25, 0.3) is 0 Å². The van der Waals surface area contributed by atoms with Crippen molar-refractivity contribution < 1.29 is 10.2 Å². The summed E-state index contributed by atoms with van der Waals surface area (Å²) in [7, 11) is 0. The number of benzene rings is 3. The summed E-state index contributed by atoms with van der Waals surface area (Å²) in [6.07, 6.45) is 0. The third-order valence-electron chi connectivity index (χ3n) is 4.29. The molecule has 0 spiro atoms. The molecule has 25 heavy (non-hydrogen) atoms. The first-order valence-electron chi connectivity index (χ1n) is 7.65. The van der Waals surface area contributed by atoms with Gasteiger partial charge in [-0.1, -0.05) is 12.1 Å². The van der Waals surface area contributed by atoms with E-state index in [1.165, 1.54) is 24.3 Å². The minimum atomic E-state index is -1.29. The van der Waals surface area contributed by atoms with Gasteiger partial charge in [-0.05, 0) is 54.1 Å². The standard InChI is InChI=1S/C19H20N4O2/c20-12-3-1-11(2-4-12)19(23,15-9-13(24)5-7-17(15)21)16-10-14(25)6-8-18(16)22/h1-10,24-25H,20-23H2. The van der Waals surface area contributed by atoms with Crippen LogP contribution in [0.5, 0.6) is 11.5 Å². The topological polar surface area (TPSA) is 145 Å². The van der Waals surface area contributed by atoms with Crippen molar-refractivity contribution in [3.05, 3.63) is 77.4 Å². The molecule has 0 heterocycles. The van der Waals surface area contributed by atoms with Crippen LogP contribution in [-0.4, -0.2) is 10.2 Å². The van der Waals surface area contributed by atoms with Crippen molar-refractivity contribution in [1.29, 1.82) is 0 Å². The lowest BCUT2D eigenvalue weighted by Crippen LogP contribution is -2.40. The second-order valence-electron chi connectivity index (χ2n) is 5.97. The smallest absolute Gasteiger partial charge is 0.116 e. The number of rotatable bonds is 3. The largest absolute Gasteiger partial charge is 0.508 e. The molecule has 0 fully saturated rings. The van der Waals surface area contributed by atoms with E-state index in [2.05, 4.69) is 0 Å². The number of hydrogen-bond acceptors (Lipinski definition) is 6. The summed E-state index contributed by atoms with van der Waals surface area (Å²) in [5.41, 5.74) is 26.6. The normalized spacial score (nSPS) is 11.4. The molecular formula is C19H20N4O2. The molecule has 0 aliphatic rings. The number of nitrogens with two attached hydrogens (primary N) is 4. The van der Waals surface area contributed by atoms with E-state index in [9.17, 15) is 10.2 Å². The van der Waals surface area contributed by atoms with Gasteiger partial charge in [-0.25, -0.2) is 0 Å². The maximum atomic E-state index is 9.95. The molecule has 128 valence electrons. The van der Waals surface area contributed by atoms with Crippen LogP contribution in [0.15, 0.2) is 60.7 Å². The molecule has 3 rings (SSSR count). The fourth-order valence-corrected chi connectivity index (χ4v) is 2.97. The first-order valence-corrected chi connectivity index (χ1v) is 7.65. The van der Waals surface area contributed by atoms with E-state index in [0.29, 0.717) is 33.8 Å². The molecule has 0 saturated carbocycles. The predicted molar refractivity (Wildman–Crippen MR) is 100.0 cm³/mol. The Morgan fingerprint density at radius 2 is 1.08 bits per heavy atom. The molecule has 6 heteroatoms. The molecule has 0 aromatic heterocycles. The molecule has 10 N–H and O–H groups in total.